The van der Waals surface area contributed by atoms with Crippen molar-refractivity contribution in [2.24, 2.45) is 0 Å². The lowest BCUT2D eigenvalue weighted by Gasteiger charge is -2.05. The fourth-order valence-corrected chi connectivity index (χ4v) is 2.20. The van der Waals surface area contributed by atoms with Crippen LogP contribution in [-0.2, 0) is 0 Å². The van der Waals surface area contributed by atoms with Crippen LogP contribution in [0.25, 0.3) is 21.7 Å². The monoisotopic (exact) mass is 244 g/mol. The van der Waals surface area contributed by atoms with Crippen LogP contribution in [0.1, 0.15) is 5.56 Å². The minimum atomic E-state index is -0.479. The van der Waals surface area contributed by atoms with Crippen molar-refractivity contribution in [3.63, 3.8) is 0 Å². The predicted octanol–water partition coefficient (Wildman–Crippen LogP) is 3.91. The largest absolute Gasteiger partial charge is 0.421 e. The maximum Gasteiger partial charge on any atom is 0.355 e. The Balaban J connectivity index is 2.64. The summed E-state index contributed by atoms with van der Waals surface area (Å²) in [6.45, 7) is 1.83. The Kier molecular flexibility index (Phi) is 2.20. The first-order valence-corrected chi connectivity index (χ1v) is 5.67. The molecule has 84 valence electrons. The molecule has 0 saturated heterocycles. The van der Waals surface area contributed by atoms with Crippen molar-refractivity contribution in [1.82, 2.24) is 0 Å². The van der Waals surface area contributed by atoms with Crippen molar-refractivity contribution >= 4 is 33.3 Å². The summed E-state index contributed by atoms with van der Waals surface area (Å²) in [5.41, 5.74) is 0.895. The topological polar surface area (TPSA) is 30.2 Å². The highest BCUT2D eigenvalue weighted by Crippen LogP contribution is 2.28. The van der Waals surface area contributed by atoms with Gasteiger partial charge in [0.1, 0.15) is 10.6 Å². The first-order valence-electron chi connectivity index (χ1n) is 5.29. The number of fused-ring (bicyclic) bond motifs is 3. The van der Waals surface area contributed by atoms with Gasteiger partial charge in [-0.3, -0.25) is 0 Å². The zero-order chi connectivity index (χ0) is 12.0. The third kappa shape index (κ3) is 1.45. The minimum Gasteiger partial charge on any atom is -0.421 e. The van der Waals surface area contributed by atoms with Crippen LogP contribution in [0, 0.1) is 6.92 Å². The molecule has 0 amide bonds. The van der Waals surface area contributed by atoms with Crippen LogP contribution in [0.15, 0.2) is 45.6 Å². The van der Waals surface area contributed by atoms with Gasteiger partial charge in [-0.25, -0.2) is 4.79 Å². The van der Waals surface area contributed by atoms with Crippen LogP contribution in [-0.4, -0.2) is 0 Å². The molecule has 0 aliphatic heterocycles. The zero-order valence-corrected chi connectivity index (χ0v) is 9.91. The normalized spacial score (nSPS) is 11.2. The van der Waals surface area contributed by atoms with Gasteiger partial charge in [-0.05, 0) is 17.9 Å². The second-order valence-electron chi connectivity index (χ2n) is 3.99. The van der Waals surface area contributed by atoms with E-state index in [1.165, 1.54) is 0 Å². The lowest BCUT2D eigenvalue weighted by molar-refractivity contribution is 0.563. The Hall–Kier alpha value is -1.80. The van der Waals surface area contributed by atoms with E-state index < -0.39 is 5.63 Å². The Bertz CT molecular complexity index is 787. The van der Waals surface area contributed by atoms with Crippen molar-refractivity contribution < 1.29 is 4.42 Å². The molecule has 0 N–H and O–H groups in total. The van der Waals surface area contributed by atoms with Crippen LogP contribution in [0.3, 0.4) is 0 Å². The molecule has 17 heavy (non-hydrogen) atoms. The Morgan fingerprint density at radius 2 is 1.82 bits per heavy atom. The molecular weight excluding hydrogens is 236 g/mol. The summed E-state index contributed by atoms with van der Waals surface area (Å²) in [5, 5.41) is 3.02. The summed E-state index contributed by atoms with van der Waals surface area (Å²) >= 11 is 5.90. The fraction of sp³-hybridized carbons (Fsp3) is 0.0714. The minimum absolute atomic E-state index is 0.160. The average Bonchev–Trinajstić information content (AvgIpc) is 2.36. The summed E-state index contributed by atoms with van der Waals surface area (Å²) < 4.78 is 5.30. The third-order valence-electron chi connectivity index (χ3n) is 2.99. The Morgan fingerprint density at radius 3 is 2.65 bits per heavy atom. The van der Waals surface area contributed by atoms with Crippen molar-refractivity contribution in [1.29, 1.82) is 0 Å². The third-order valence-corrected chi connectivity index (χ3v) is 3.42. The van der Waals surface area contributed by atoms with E-state index in [0.717, 1.165) is 21.7 Å². The zero-order valence-electron chi connectivity index (χ0n) is 9.16. The molecule has 0 spiro atoms. The lowest BCUT2D eigenvalue weighted by atomic mass is 10.0. The molecule has 3 rings (SSSR count). The van der Waals surface area contributed by atoms with Gasteiger partial charge in [0.25, 0.3) is 0 Å². The Morgan fingerprint density at radius 1 is 1.06 bits per heavy atom. The van der Waals surface area contributed by atoms with E-state index in [2.05, 4.69) is 0 Å². The van der Waals surface area contributed by atoms with Crippen LogP contribution >= 0.6 is 11.6 Å². The number of hydrogen-bond donors (Lipinski definition) is 0. The SMILES string of the molecule is Cc1c(Cl)c(=O)oc2c1ccc1ccccc12. The van der Waals surface area contributed by atoms with Gasteiger partial charge in [-0.2, -0.15) is 0 Å². The predicted molar refractivity (Wildman–Crippen MR) is 69.7 cm³/mol. The van der Waals surface area contributed by atoms with Gasteiger partial charge in [0.15, 0.2) is 0 Å². The molecule has 0 bridgehead atoms. The van der Waals surface area contributed by atoms with Crippen LogP contribution < -0.4 is 5.63 Å². The molecule has 0 radical (unpaired) electrons. The molecule has 0 atom stereocenters. The molecule has 2 aromatic carbocycles. The average molecular weight is 245 g/mol. The molecule has 0 aliphatic rings. The van der Waals surface area contributed by atoms with Crippen LogP contribution in [0.5, 0.6) is 0 Å². The maximum absolute atomic E-state index is 11.6. The van der Waals surface area contributed by atoms with Gasteiger partial charge in [0.05, 0.1) is 0 Å². The molecular formula is C14H9ClO2. The highest BCUT2D eigenvalue weighted by molar-refractivity contribution is 6.32. The highest BCUT2D eigenvalue weighted by atomic mass is 35.5. The summed E-state index contributed by atoms with van der Waals surface area (Å²) in [6, 6.07) is 11.7. The van der Waals surface area contributed by atoms with E-state index in [4.69, 9.17) is 16.0 Å². The molecule has 0 fully saturated rings. The van der Waals surface area contributed by atoms with Gasteiger partial charge in [0, 0.05) is 10.8 Å². The fourth-order valence-electron chi connectivity index (χ4n) is 2.06. The van der Waals surface area contributed by atoms with Crippen LogP contribution in [0.4, 0.5) is 0 Å². The van der Waals surface area contributed by atoms with Crippen molar-refractivity contribution in [2.45, 2.75) is 6.92 Å². The van der Waals surface area contributed by atoms with Crippen molar-refractivity contribution in [3.8, 4) is 0 Å². The van der Waals surface area contributed by atoms with E-state index in [1.807, 2.05) is 43.3 Å². The van der Waals surface area contributed by atoms with E-state index in [1.54, 1.807) is 0 Å². The molecule has 2 nitrogen and oxygen atoms in total. The van der Waals surface area contributed by atoms with Gasteiger partial charge in [-0.15, -0.1) is 0 Å². The van der Waals surface area contributed by atoms with E-state index in [9.17, 15) is 4.79 Å². The van der Waals surface area contributed by atoms with E-state index in [-0.39, 0.29) is 5.02 Å². The number of benzene rings is 2. The number of hydrogen-bond acceptors (Lipinski definition) is 2. The number of rotatable bonds is 0. The Labute approximate surface area is 102 Å². The molecule has 3 aromatic rings. The van der Waals surface area contributed by atoms with Gasteiger partial charge >= 0.3 is 5.63 Å². The molecule has 0 unspecified atom stereocenters. The van der Waals surface area contributed by atoms with Gasteiger partial charge in [-0.1, -0.05) is 48.0 Å². The van der Waals surface area contributed by atoms with Crippen molar-refractivity contribution in [3.05, 3.63) is 57.4 Å². The first-order chi connectivity index (χ1) is 8.18. The molecule has 0 aliphatic carbocycles. The highest BCUT2D eigenvalue weighted by Gasteiger charge is 2.10. The first kappa shape index (κ1) is 10.4. The van der Waals surface area contributed by atoms with E-state index >= 15 is 0 Å². The second-order valence-corrected chi connectivity index (χ2v) is 4.37. The van der Waals surface area contributed by atoms with Gasteiger partial charge in [0.2, 0.25) is 0 Å². The quantitative estimate of drug-likeness (QED) is 0.443. The molecule has 1 aromatic heterocycles. The lowest BCUT2D eigenvalue weighted by Crippen LogP contribution is -2.01. The smallest absolute Gasteiger partial charge is 0.355 e. The molecule has 3 heteroatoms. The number of halogens is 1. The standard InChI is InChI=1S/C14H9ClO2/c1-8-10-7-6-9-4-2-3-5-11(9)13(10)17-14(16)12(8)15/h2-7H,1H3. The maximum atomic E-state index is 11.6. The molecule has 1 heterocycles. The summed E-state index contributed by atoms with van der Waals surface area (Å²) in [4.78, 5) is 11.6. The van der Waals surface area contributed by atoms with Gasteiger partial charge < -0.3 is 4.42 Å². The second kappa shape index (κ2) is 3.60. The molecule has 0 saturated carbocycles. The van der Waals surface area contributed by atoms with Crippen LogP contribution in [0.2, 0.25) is 5.02 Å². The summed E-state index contributed by atoms with van der Waals surface area (Å²) in [6.07, 6.45) is 0. The van der Waals surface area contributed by atoms with Crippen molar-refractivity contribution in [2.75, 3.05) is 0 Å². The summed E-state index contributed by atoms with van der Waals surface area (Å²) in [5.74, 6) is 0. The summed E-state index contributed by atoms with van der Waals surface area (Å²) in [7, 11) is 0. The van der Waals surface area contributed by atoms with E-state index in [0.29, 0.717) is 5.58 Å². The number of aryl methyl sites for hydroxylation is 1.